The first-order chi connectivity index (χ1) is 17.1. The van der Waals surface area contributed by atoms with E-state index < -0.39 is 0 Å². The summed E-state index contributed by atoms with van der Waals surface area (Å²) in [5, 5.41) is 13.4. The molecule has 0 saturated heterocycles. The zero-order valence-corrected chi connectivity index (χ0v) is 21.4. The molecular weight excluding hydrogens is 530 g/mol. The Hall–Kier alpha value is -3.63. The first-order valence-corrected chi connectivity index (χ1v) is 12.3. The molecule has 1 amide bonds. The summed E-state index contributed by atoms with van der Waals surface area (Å²) < 4.78 is 13.2. The molecule has 0 unspecified atom stereocenters. The van der Waals surface area contributed by atoms with Gasteiger partial charge in [0.2, 0.25) is 0 Å². The third-order valence-electron chi connectivity index (χ3n) is 4.91. The molecule has 0 fully saturated rings. The van der Waals surface area contributed by atoms with E-state index in [0.29, 0.717) is 11.0 Å². The van der Waals surface area contributed by atoms with Crippen LogP contribution in [0.25, 0.3) is 17.1 Å². The predicted octanol–water partition coefficient (Wildman–Crippen LogP) is 4.96. The highest BCUT2D eigenvalue weighted by Gasteiger charge is 2.17. The number of nitrogens with zero attached hydrogens (tertiary/aromatic N) is 4. The number of hydrogen-bond acceptors (Lipinski definition) is 7. The van der Waals surface area contributed by atoms with Crippen molar-refractivity contribution in [2.45, 2.75) is 5.16 Å². The molecule has 0 atom stereocenters. The number of rotatable bonds is 9. The first-order valence-electron chi connectivity index (χ1n) is 10.5. The fourth-order valence-corrected chi connectivity index (χ4v) is 4.51. The molecule has 0 saturated carbocycles. The number of thioether (sulfide) groups is 1. The van der Waals surface area contributed by atoms with Crippen LogP contribution in [0.2, 0.25) is 0 Å². The number of benzene rings is 3. The number of ether oxygens (including phenoxy) is 2. The second-order valence-corrected chi connectivity index (χ2v) is 8.98. The van der Waals surface area contributed by atoms with Crippen LogP contribution in [0.4, 0.5) is 0 Å². The number of hydrazone groups is 1. The van der Waals surface area contributed by atoms with Crippen molar-refractivity contribution in [2.24, 2.45) is 5.10 Å². The van der Waals surface area contributed by atoms with Gasteiger partial charge in [-0.3, -0.25) is 9.36 Å². The molecular formula is C25H22BrN5O3S. The quantitative estimate of drug-likeness (QED) is 0.180. The third kappa shape index (κ3) is 6.09. The summed E-state index contributed by atoms with van der Waals surface area (Å²) in [7, 11) is 3.23. The van der Waals surface area contributed by atoms with Crippen molar-refractivity contribution in [2.75, 3.05) is 20.0 Å². The summed E-state index contributed by atoms with van der Waals surface area (Å²) in [4.78, 5) is 12.4. The maximum atomic E-state index is 12.4. The summed E-state index contributed by atoms with van der Waals surface area (Å²) in [6.45, 7) is 0. The Balaban J connectivity index is 1.48. The van der Waals surface area contributed by atoms with Crippen molar-refractivity contribution in [3.05, 3.63) is 82.8 Å². The Bertz CT molecular complexity index is 1330. The molecule has 0 radical (unpaired) electrons. The number of carbonyl (C=O) groups excluding carboxylic acids is 1. The van der Waals surface area contributed by atoms with Crippen molar-refractivity contribution in [3.63, 3.8) is 0 Å². The molecule has 0 aliphatic carbocycles. The molecule has 0 bridgehead atoms. The van der Waals surface area contributed by atoms with Crippen molar-refractivity contribution < 1.29 is 14.3 Å². The zero-order chi connectivity index (χ0) is 24.6. The molecule has 0 aliphatic heterocycles. The summed E-state index contributed by atoms with van der Waals surface area (Å²) >= 11 is 4.71. The largest absolute Gasteiger partial charge is 0.497 e. The van der Waals surface area contributed by atoms with Gasteiger partial charge in [0.25, 0.3) is 5.91 Å². The lowest BCUT2D eigenvalue weighted by Gasteiger charge is -2.11. The van der Waals surface area contributed by atoms with E-state index in [4.69, 9.17) is 9.47 Å². The normalized spacial score (nSPS) is 10.9. The highest BCUT2D eigenvalue weighted by Crippen LogP contribution is 2.29. The Morgan fingerprint density at radius 1 is 1.06 bits per heavy atom. The van der Waals surface area contributed by atoms with E-state index in [1.165, 1.54) is 11.8 Å². The standard InChI is InChI=1S/C25H22BrN5O3S/c1-33-20-11-9-19(10-12-20)31-24(18-6-4-3-5-7-18)29-30-25(31)35-16-23(32)28-27-15-17-8-13-22(34-2)21(26)14-17/h3-15H,16H2,1-2H3,(H,28,32)/b27-15+. The van der Waals surface area contributed by atoms with Gasteiger partial charge in [-0.05, 0) is 64.0 Å². The minimum absolute atomic E-state index is 0.118. The van der Waals surface area contributed by atoms with Crippen LogP contribution in [0.3, 0.4) is 0 Å². The number of hydrogen-bond donors (Lipinski definition) is 1. The number of nitrogens with one attached hydrogen (secondary N) is 1. The molecule has 0 spiro atoms. The van der Waals surface area contributed by atoms with Crippen molar-refractivity contribution in [3.8, 4) is 28.6 Å². The maximum Gasteiger partial charge on any atom is 0.250 e. The number of carbonyl (C=O) groups is 1. The molecule has 10 heteroatoms. The summed E-state index contributed by atoms with van der Waals surface area (Å²) in [5.41, 5.74) is 5.15. The van der Waals surface area contributed by atoms with Crippen molar-refractivity contribution in [1.82, 2.24) is 20.2 Å². The lowest BCUT2D eigenvalue weighted by Crippen LogP contribution is -2.20. The van der Waals surface area contributed by atoms with Crippen LogP contribution in [-0.4, -0.2) is 46.9 Å². The molecule has 1 N–H and O–H groups in total. The highest BCUT2D eigenvalue weighted by molar-refractivity contribution is 9.10. The van der Waals surface area contributed by atoms with E-state index in [9.17, 15) is 4.79 Å². The minimum atomic E-state index is -0.260. The Labute approximate surface area is 215 Å². The van der Waals surface area contributed by atoms with E-state index in [-0.39, 0.29) is 11.7 Å². The maximum absolute atomic E-state index is 12.4. The van der Waals surface area contributed by atoms with Gasteiger partial charge in [0.1, 0.15) is 11.5 Å². The van der Waals surface area contributed by atoms with Crippen LogP contribution in [0, 0.1) is 0 Å². The van der Waals surface area contributed by atoms with Gasteiger partial charge >= 0.3 is 0 Å². The summed E-state index contributed by atoms with van der Waals surface area (Å²) in [6.07, 6.45) is 1.57. The van der Waals surface area contributed by atoms with Crippen LogP contribution in [0.5, 0.6) is 11.5 Å². The molecule has 178 valence electrons. The smallest absolute Gasteiger partial charge is 0.250 e. The summed E-state index contributed by atoms with van der Waals surface area (Å²) in [6, 6.07) is 22.9. The molecule has 0 aliphatic rings. The molecule has 35 heavy (non-hydrogen) atoms. The van der Waals surface area contributed by atoms with E-state index in [1.807, 2.05) is 77.4 Å². The fraction of sp³-hybridized carbons (Fsp3) is 0.120. The monoisotopic (exact) mass is 551 g/mol. The molecule has 4 aromatic rings. The van der Waals surface area contributed by atoms with Crippen molar-refractivity contribution >= 4 is 39.8 Å². The van der Waals surface area contributed by atoms with Gasteiger partial charge in [-0.2, -0.15) is 5.10 Å². The third-order valence-corrected chi connectivity index (χ3v) is 6.46. The van der Waals surface area contributed by atoms with Crippen LogP contribution in [0.1, 0.15) is 5.56 Å². The van der Waals surface area contributed by atoms with Gasteiger partial charge in [-0.25, -0.2) is 5.43 Å². The molecule has 1 aromatic heterocycles. The number of aromatic nitrogens is 3. The Morgan fingerprint density at radius 2 is 1.83 bits per heavy atom. The van der Waals surface area contributed by atoms with Gasteiger partial charge < -0.3 is 9.47 Å². The molecule has 3 aromatic carbocycles. The Morgan fingerprint density at radius 3 is 2.51 bits per heavy atom. The predicted molar refractivity (Wildman–Crippen MR) is 141 cm³/mol. The number of methoxy groups -OCH3 is 2. The Kier molecular flexibility index (Phi) is 8.17. The first kappa shape index (κ1) is 24.5. The van der Waals surface area contributed by atoms with Crippen LogP contribution in [0.15, 0.2) is 87.5 Å². The average Bonchev–Trinajstić information content (AvgIpc) is 3.32. The van der Waals surface area contributed by atoms with Crippen LogP contribution >= 0.6 is 27.7 Å². The van der Waals surface area contributed by atoms with E-state index in [0.717, 1.165) is 32.8 Å². The van der Waals surface area contributed by atoms with Crippen molar-refractivity contribution in [1.29, 1.82) is 0 Å². The van der Waals surface area contributed by atoms with Crippen LogP contribution in [-0.2, 0) is 4.79 Å². The summed E-state index contributed by atoms with van der Waals surface area (Å²) in [5.74, 6) is 2.01. The number of amides is 1. The topological polar surface area (TPSA) is 90.6 Å². The minimum Gasteiger partial charge on any atom is -0.497 e. The highest BCUT2D eigenvalue weighted by atomic mass is 79.9. The van der Waals surface area contributed by atoms with E-state index in [1.54, 1.807) is 20.4 Å². The van der Waals surface area contributed by atoms with Gasteiger partial charge in [0.05, 0.1) is 30.7 Å². The van der Waals surface area contributed by atoms with E-state index in [2.05, 4.69) is 36.7 Å². The lowest BCUT2D eigenvalue weighted by molar-refractivity contribution is -0.118. The zero-order valence-electron chi connectivity index (χ0n) is 19.0. The second-order valence-electron chi connectivity index (χ2n) is 7.18. The van der Waals surface area contributed by atoms with Gasteiger partial charge in [-0.1, -0.05) is 42.1 Å². The molecule has 4 rings (SSSR count). The second kappa shape index (κ2) is 11.7. The average molecular weight is 552 g/mol. The SMILES string of the molecule is COc1ccc(-n2c(SCC(=O)N/N=C/c3ccc(OC)c(Br)c3)nnc2-c2ccccc2)cc1. The van der Waals surface area contributed by atoms with Gasteiger partial charge in [-0.15, -0.1) is 10.2 Å². The molecule has 1 heterocycles. The fourth-order valence-electron chi connectivity index (χ4n) is 3.21. The van der Waals surface area contributed by atoms with Crippen LogP contribution < -0.4 is 14.9 Å². The number of halogens is 1. The van der Waals surface area contributed by atoms with Gasteiger partial charge in [0, 0.05) is 11.3 Å². The van der Waals surface area contributed by atoms with E-state index >= 15 is 0 Å². The molecule has 8 nitrogen and oxygen atoms in total. The lowest BCUT2D eigenvalue weighted by atomic mass is 10.2. The van der Waals surface area contributed by atoms with Gasteiger partial charge in [0.15, 0.2) is 11.0 Å².